The molecule has 2 unspecified atom stereocenters. The molecule has 0 spiro atoms. The van der Waals surface area contributed by atoms with Crippen molar-refractivity contribution in [2.75, 3.05) is 77.8 Å². The molecule has 2 atom stereocenters. The molecular formula is C52H79ClN4O10. The summed E-state index contributed by atoms with van der Waals surface area (Å²) in [4.78, 5) is 61.8. The third kappa shape index (κ3) is 13.0. The van der Waals surface area contributed by atoms with Crippen molar-refractivity contribution in [3.63, 3.8) is 0 Å². The van der Waals surface area contributed by atoms with Crippen LogP contribution in [0.15, 0.2) is 30.3 Å². The fourth-order valence-electron chi connectivity index (χ4n) is 10.2. The Balaban J connectivity index is 0.000000251. The molecule has 2 aliphatic carbocycles. The number of nitrogens with zero attached hydrogens (tertiary/aromatic N) is 4. The topological polar surface area (TPSA) is 137 Å². The normalized spacial score (nSPS) is 21.0. The van der Waals surface area contributed by atoms with E-state index in [1.807, 2.05) is 41.8 Å². The molecule has 374 valence electrons. The fraction of sp³-hybridized carbons (Fsp3) is 0.692. The van der Waals surface area contributed by atoms with E-state index in [0.29, 0.717) is 65.3 Å². The van der Waals surface area contributed by atoms with E-state index < -0.39 is 11.2 Å². The van der Waals surface area contributed by atoms with Crippen LogP contribution in [0.2, 0.25) is 5.02 Å². The van der Waals surface area contributed by atoms with Gasteiger partial charge in [-0.05, 0) is 117 Å². The molecular weight excluding hydrogens is 876 g/mol. The van der Waals surface area contributed by atoms with Crippen molar-refractivity contribution < 1.29 is 47.6 Å². The molecule has 14 nitrogen and oxygen atoms in total. The van der Waals surface area contributed by atoms with E-state index >= 15 is 0 Å². The summed E-state index contributed by atoms with van der Waals surface area (Å²) in [7, 11) is 6.45. The van der Waals surface area contributed by atoms with E-state index in [-0.39, 0.29) is 61.0 Å². The fourth-order valence-corrected chi connectivity index (χ4v) is 10.4. The van der Waals surface area contributed by atoms with Gasteiger partial charge in [0.25, 0.3) is 23.6 Å². The van der Waals surface area contributed by atoms with Crippen molar-refractivity contribution in [2.45, 2.75) is 167 Å². The summed E-state index contributed by atoms with van der Waals surface area (Å²) in [6, 6.07) is 9.54. The van der Waals surface area contributed by atoms with Crippen molar-refractivity contribution in [1.82, 2.24) is 9.80 Å². The number of hydrogen-bond acceptors (Lipinski definition) is 10. The van der Waals surface area contributed by atoms with Crippen molar-refractivity contribution in [3.05, 3.63) is 46.5 Å². The maximum atomic E-state index is 13.8. The lowest BCUT2D eigenvalue weighted by Gasteiger charge is -2.41. The first-order chi connectivity index (χ1) is 32.0. The Morgan fingerprint density at radius 3 is 1.54 bits per heavy atom. The number of amides is 4. The molecule has 6 rings (SSSR count). The molecule has 2 aromatic rings. The summed E-state index contributed by atoms with van der Waals surface area (Å²) in [6.07, 6.45) is 14.4. The van der Waals surface area contributed by atoms with Gasteiger partial charge in [0.15, 0.2) is 0 Å². The first kappa shape index (κ1) is 54.0. The van der Waals surface area contributed by atoms with Crippen LogP contribution in [0.25, 0.3) is 0 Å². The number of methoxy groups -OCH3 is 4. The SMILES string of the molecule is COCCCCN1C(=O)C(C)(COC)Oc2cc(Cl)c(C(=O)N(C(C)C)C3CCCCC3)cc21.COCCCCN1C(=O)C(C)(COC)Oc2ccc(C(=O)N(C(C)C)C3CCCCC3)cc21. The van der Waals surface area contributed by atoms with Crippen molar-refractivity contribution >= 4 is 46.6 Å². The van der Waals surface area contributed by atoms with Gasteiger partial charge in [-0.15, -0.1) is 0 Å². The first-order valence-corrected chi connectivity index (χ1v) is 25.0. The Morgan fingerprint density at radius 1 is 0.642 bits per heavy atom. The summed E-state index contributed by atoms with van der Waals surface area (Å²) in [6.45, 7) is 14.3. The Bertz CT molecular complexity index is 1970. The van der Waals surface area contributed by atoms with Crippen molar-refractivity contribution in [3.8, 4) is 11.5 Å². The summed E-state index contributed by atoms with van der Waals surface area (Å²) in [5.74, 6) is 0.690. The van der Waals surface area contributed by atoms with Crippen LogP contribution < -0.4 is 19.3 Å². The minimum atomic E-state index is -1.16. The van der Waals surface area contributed by atoms with Gasteiger partial charge in [0, 0.05) is 90.5 Å². The zero-order chi connectivity index (χ0) is 48.9. The second kappa shape index (κ2) is 25.1. The maximum Gasteiger partial charge on any atom is 0.273 e. The number of ether oxygens (including phenoxy) is 6. The summed E-state index contributed by atoms with van der Waals surface area (Å²) in [5.41, 5.74) is -0.0138. The Kier molecular flexibility index (Phi) is 20.2. The predicted octanol–water partition coefficient (Wildman–Crippen LogP) is 9.51. The van der Waals surface area contributed by atoms with Gasteiger partial charge in [-0.1, -0.05) is 50.1 Å². The average Bonchev–Trinajstić information content (AvgIpc) is 3.29. The summed E-state index contributed by atoms with van der Waals surface area (Å²) in [5, 5.41) is 0.332. The van der Waals surface area contributed by atoms with Gasteiger partial charge in [-0.2, -0.15) is 0 Å². The average molecular weight is 956 g/mol. The molecule has 2 saturated carbocycles. The summed E-state index contributed by atoms with van der Waals surface area (Å²) >= 11 is 6.66. The number of carbonyl (C=O) groups excluding carboxylic acids is 4. The summed E-state index contributed by atoms with van der Waals surface area (Å²) < 4.78 is 33.2. The Morgan fingerprint density at radius 2 is 1.09 bits per heavy atom. The standard InChI is InChI=1S/C26H39ClN2O5.C26H40N2O5/c1-18(2)29(19-11-7-6-8-12-19)24(30)20-15-22-23(16-21(20)27)34-26(3,17-33-5)25(31)28(22)13-9-10-14-32-4;1-19(2)28(21-11-7-6-8-12-21)24(29)20-13-14-23-22(17-20)27(15-9-10-16-31-4)25(30)26(3,33-23)18-32-5/h15-16,18-19H,6-14,17H2,1-5H3;13-14,17,19,21H,6-12,15-16,18H2,1-5H3. The third-order valence-corrected chi connectivity index (χ3v) is 13.8. The van der Waals surface area contributed by atoms with Gasteiger partial charge in [-0.3, -0.25) is 19.2 Å². The highest BCUT2D eigenvalue weighted by atomic mass is 35.5. The zero-order valence-electron chi connectivity index (χ0n) is 42.1. The minimum Gasteiger partial charge on any atom is -0.473 e. The van der Waals surface area contributed by atoms with Crippen LogP contribution in [-0.2, 0) is 28.5 Å². The van der Waals surface area contributed by atoms with Gasteiger partial charge in [0.2, 0.25) is 11.2 Å². The maximum absolute atomic E-state index is 13.8. The number of anilines is 2. The lowest BCUT2D eigenvalue weighted by molar-refractivity contribution is -0.139. The lowest BCUT2D eigenvalue weighted by Crippen LogP contribution is -2.57. The van der Waals surface area contributed by atoms with Crippen LogP contribution in [0.5, 0.6) is 11.5 Å². The third-order valence-electron chi connectivity index (χ3n) is 13.4. The molecule has 0 radical (unpaired) electrons. The highest BCUT2D eigenvalue weighted by Crippen LogP contribution is 2.43. The van der Waals surface area contributed by atoms with Crippen LogP contribution >= 0.6 is 11.6 Å². The highest BCUT2D eigenvalue weighted by Gasteiger charge is 2.47. The molecule has 2 fully saturated rings. The van der Waals surface area contributed by atoms with Gasteiger partial charge >= 0.3 is 0 Å². The molecule has 2 heterocycles. The number of benzene rings is 2. The predicted molar refractivity (Wildman–Crippen MR) is 263 cm³/mol. The van der Waals surface area contributed by atoms with Gasteiger partial charge in [0.05, 0.1) is 35.2 Å². The molecule has 15 heteroatoms. The van der Waals surface area contributed by atoms with Crippen LogP contribution in [0, 0.1) is 0 Å². The van der Waals surface area contributed by atoms with E-state index in [2.05, 4.69) is 13.8 Å². The second-order valence-corrected chi connectivity index (χ2v) is 19.9. The molecule has 0 N–H and O–H groups in total. The number of unbranched alkanes of at least 4 members (excludes halogenated alkanes) is 2. The molecule has 2 aromatic carbocycles. The van der Waals surface area contributed by atoms with Crippen LogP contribution in [0.3, 0.4) is 0 Å². The number of hydrogen-bond donors (Lipinski definition) is 0. The zero-order valence-corrected chi connectivity index (χ0v) is 42.8. The minimum absolute atomic E-state index is 0.0247. The van der Waals surface area contributed by atoms with Gasteiger partial charge in [0.1, 0.15) is 11.5 Å². The Labute approximate surface area is 405 Å². The van der Waals surface area contributed by atoms with Gasteiger partial charge < -0.3 is 48.0 Å². The smallest absolute Gasteiger partial charge is 0.273 e. The molecule has 0 saturated heterocycles. The highest BCUT2D eigenvalue weighted by molar-refractivity contribution is 6.34. The van der Waals surface area contributed by atoms with Crippen LogP contribution in [0.1, 0.15) is 152 Å². The molecule has 2 aliphatic heterocycles. The number of carbonyl (C=O) groups is 4. The monoisotopic (exact) mass is 955 g/mol. The quantitative estimate of drug-likeness (QED) is 0.118. The van der Waals surface area contributed by atoms with Crippen LogP contribution in [0.4, 0.5) is 11.4 Å². The van der Waals surface area contributed by atoms with Gasteiger partial charge in [-0.25, -0.2) is 0 Å². The first-order valence-electron chi connectivity index (χ1n) is 24.7. The lowest BCUT2D eigenvalue weighted by atomic mass is 9.92. The molecule has 67 heavy (non-hydrogen) atoms. The molecule has 0 bridgehead atoms. The Hall–Kier alpha value is -3.95. The number of fused-ring (bicyclic) bond motifs is 2. The van der Waals surface area contributed by atoms with E-state index in [0.717, 1.165) is 64.2 Å². The molecule has 0 aromatic heterocycles. The largest absolute Gasteiger partial charge is 0.473 e. The van der Waals surface area contributed by atoms with Crippen LogP contribution in [-0.4, -0.2) is 137 Å². The molecule has 4 aliphatic rings. The van der Waals surface area contributed by atoms with E-state index in [4.69, 9.17) is 40.0 Å². The molecule has 4 amide bonds. The van der Waals surface area contributed by atoms with Crippen molar-refractivity contribution in [2.24, 2.45) is 0 Å². The number of rotatable bonds is 20. The number of halogens is 1. The van der Waals surface area contributed by atoms with E-state index in [9.17, 15) is 19.2 Å². The van der Waals surface area contributed by atoms with E-state index in [1.165, 1.54) is 25.7 Å². The van der Waals surface area contributed by atoms with Crippen molar-refractivity contribution in [1.29, 1.82) is 0 Å². The van der Waals surface area contributed by atoms with E-state index in [1.54, 1.807) is 64.2 Å². The second-order valence-electron chi connectivity index (χ2n) is 19.5.